The minimum atomic E-state index is 0.279. The van der Waals surface area contributed by atoms with E-state index in [1.54, 1.807) is 14.2 Å². The van der Waals surface area contributed by atoms with Crippen LogP contribution in [-0.2, 0) is 17.8 Å². The summed E-state index contributed by atoms with van der Waals surface area (Å²) in [4.78, 5) is 6.89. The monoisotopic (exact) mass is 412 g/mol. The third-order valence-electron chi connectivity index (χ3n) is 5.03. The molecule has 2 atom stereocenters. The van der Waals surface area contributed by atoms with Crippen molar-refractivity contribution in [2.24, 2.45) is 10.7 Å². The Bertz CT molecular complexity index is 844. The highest BCUT2D eigenvalue weighted by Crippen LogP contribution is 2.28. The molecule has 0 saturated carbocycles. The SMILES string of the molecule is COc1ccc(OC)c(NC(N)=NCc2ccc(CN3CC(C)OC(C)C3)cc2)c1. The van der Waals surface area contributed by atoms with Crippen LogP contribution < -0.4 is 20.5 Å². The zero-order valence-corrected chi connectivity index (χ0v) is 18.2. The zero-order chi connectivity index (χ0) is 21.5. The van der Waals surface area contributed by atoms with Crippen LogP contribution in [0.5, 0.6) is 11.5 Å². The number of nitrogens with two attached hydrogens (primary N) is 1. The number of hydrogen-bond acceptors (Lipinski definition) is 5. The van der Waals surface area contributed by atoms with E-state index >= 15 is 0 Å². The van der Waals surface area contributed by atoms with Crippen molar-refractivity contribution < 1.29 is 14.2 Å². The molecule has 2 aromatic carbocycles. The lowest BCUT2D eigenvalue weighted by atomic mass is 10.1. The number of rotatable bonds is 7. The van der Waals surface area contributed by atoms with Crippen LogP contribution in [0.15, 0.2) is 47.5 Å². The van der Waals surface area contributed by atoms with Crippen molar-refractivity contribution in [3.05, 3.63) is 53.6 Å². The molecule has 0 aromatic heterocycles. The molecule has 1 aliphatic heterocycles. The second-order valence-corrected chi connectivity index (χ2v) is 7.66. The zero-order valence-electron chi connectivity index (χ0n) is 18.2. The van der Waals surface area contributed by atoms with Gasteiger partial charge in [-0.15, -0.1) is 0 Å². The van der Waals surface area contributed by atoms with Gasteiger partial charge in [0.15, 0.2) is 5.96 Å². The topological polar surface area (TPSA) is 81.3 Å². The first kappa shape index (κ1) is 21.9. The molecule has 2 aromatic rings. The molecule has 7 heteroatoms. The van der Waals surface area contributed by atoms with Gasteiger partial charge in [-0.1, -0.05) is 24.3 Å². The van der Waals surface area contributed by atoms with E-state index in [4.69, 9.17) is 19.9 Å². The summed E-state index contributed by atoms with van der Waals surface area (Å²) in [6.07, 6.45) is 0.557. The van der Waals surface area contributed by atoms with Crippen LogP contribution in [-0.4, -0.2) is 50.4 Å². The molecule has 7 nitrogen and oxygen atoms in total. The molecule has 0 amide bonds. The van der Waals surface area contributed by atoms with Crippen LogP contribution in [0.2, 0.25) is 0 Å². The van der Waals surface area contributed by atoms with Gasteiger partial charge in [-0.05, 0) is 37.1 Å². The molecular weight excluding hydrogens is 380 g/mol. The summed E-state index contributed by atoms with van der Waals surface area (Å²) in [6, 6.07) is 14.0. The van der Waals surface area contributed by atoms with Gasteiger partial charge in [0.05, 0.1) is 38.7 Å². The Morgan fingerprint density at radius 1 is 1.07 bits per heavy atom. The van der Waals surface area contributed by atoms with Gasteiger partial charge < -0.3 is 25.3 Å². The van der Waals surface area contributed by atoms with Crippen molar-refractivity contribution >= 4 is 11.6 Å². The quantitative estimate of drug-likeness (QED) is 0.537. The van der Waals surface area contributed by atoms with E-state index in [-0.39, 0.29) is 12.2 Å². The van der Waals surface area contributed by atoms with Crippen molar-refractivity contribution in [3.8, 4) is 11.5 Å². The number of anilines is 1. The average Bonchev–Trinajstić information content (AvgIpc) is 2.72. The highest BCUT2D eigenvalue weighted by atomic mass is 16.5. The molecule has 3 rings (SSSR count). The van der Waals surface area contributed by atoms with E-state index in [9.17, 15) is 0 Å². The normalized spacial score (nSPS) is 20.1. The smallest absolute Gasteiger partial charge is 0.193 e. The van der Waals surface area contributed by atoms with E-state index in [0.717, 1.165) is 25.2 Å². The van der Waals surface area contributed by atoms with E-state index in [1.807, 2.05) is 18.2 Å². The Hall–Kier alpha value is -2.77. The Balaban J connectivity index is 1.57. The number of nitrogens with zero attached hydrogens (tertiary/aromatic N) is 2. The fourth-order valence-electron chi connectivity index (χ4n) is 3.69. The van der Waals surface area contributed by atoms with Crippen LogP contribution in [0.3, 0.4) is 0 Å². The van der Waals surface area contributed by atoms with Crippen molar-refractivity contribution in [2.75, 3.05) is 32.6 Å². The molecule has 0 bridgehead atoms. The van der Waals surface area contributed by atoms with Gasteiger partial charge in [-0.2, -0.15) is 0 Å². The first-order valence-corrected chi connectivity index (χ1v) is 10.2. The summed E-state index contributed by atoms with van der Waals surface area (Å²) in [5, 5.41) is 3.08. The van der Waals surface area contributed by atoms with Gasteiger partial charge >= 0.3 is 0 Å². The highest BCUT2D eigenvalue weighted by Gasteiger charge is 2.21. The standard InChI is InChI=1S/C23H32N4O3/c1-16-13-27(14-17(2)30-16)15-19-7-5-18(6-8-19)12-25-23(24)26-21-11-20(28-3)9-10-22(21)29-4/h5-11,16-17H,12-15H2,1-4H3,(H3,24,25,26). The summed E-state index contributed by atoms with van der Waals surface area (Å²) in [5.41, 5.74) is 9.17. The van der Waals surface area contributed by atoms with Gasteiger partial charge in [-0.3, -0.25) is 4.90 Å². The predicted octanol–water partition coefficient (Wildman–Crippen LogP) is 3.24. The Labute approximate surface area is 178 Å². The van der Waals surface area contributed by atoms with E-state index in [1.165, 1.54) is 5.56 Å². The number of morpholine rings is 1. The number of aliphatic imine (C=N–C) groups is 1. The van der Waals surface area contributed by atoms with Crippen LogP contribution in [0.25, 0.3) is 0 Å². The molecule has 1 aliphatic rings. The maximum atomic E-state index is 6.07. The highest BCUT2D eigenvalue weighted by molar-refractivity contribution is 5.94. The van der Waals surface area contributed by atoms with Gasteiger partial charge in [-0.25, -0.2) is 4.99 Å². The van der Waals surface area contributed by atoms with Crippen molar-refractivity contribution in [2.45, 2.75) is 39.1 Å². The Kier molecular flexibility index (Phi) is 7.54. The van der Waals surface area contributed by atoms with E-state index in [0.29, 0.717) is 29.7 Å². The molecule has 30 heavy (non-hydrogen) atoms. The van der Waals surface area contributed by atoms with Crippen molar-refractivity contribution in [3.63, 3.8) is 0 Å². The number of methoxy groups -OCH3 is 2. The van der Waals surface area contributed by atoms with Crippen LogP contribution in [0, 0.1) is 0 Å². The maximum Gasteiger partial charge on any atom is 0.193 e. The minimum Gasteiger partial charge on any atom is -0.497 e. The first-order valence-electron chi connectivity index (χ1n) is 10.2. The largest absolute Gasteiger partial charge is 0.497 e. The molecular formula is C23H32N4O3. The van der Waals surface area contributed by atoms with Crippen LogP contribution >= 0.6 is 0 Å². The Morgan fingerprint density at radius 3 is 2.37 bits per heavy atom. The van der Waals surface area contributed by atoms with Gasteiger partial charge in [0.1, 0.15) is 11.5 Å². The van der Waals surface area contributed by atoms with Gasteiger partial charge in [0.25, 0.3) is 0 Å². The molecule has 1 saturated heterocycles. The maximum absolute atomic E-state index is 6.07. The molecule has 0 radical (unpaired) electrons. The summed E-state index contributed by atoms with van der Waals surface area (Å²) in [6.45, 7) is 7.61. The van der Waals surface area contributed by atoms with E-state index < -0.39 is 0 Å². The van der Waals surface area contributed by atoms with E-state index in [2.05, 4.69) is 53.3 Å². The lowest BCUT2D eigenvalue weighted by molar-refractivity contribution is -0.0704. The molecule has 0 spiro atoms. The third-order valence-corrected chi connectivity index (χ3v) is 5.03. The molecule has 3 N–H and O–H groups in total. The summed E-state index contributed by atoms with van der Waals surface area (Å²) in [7, 11) is 3.23. The Morgan fingerprint density at radius 2 is 1.73 bits per heavy atom. The fraction of sp³-hybridized carbons (Fsp3) is 0.435. The van der Waals surface area contributed by atoms with Crippen molar-refractivity contribution in [1.29, 1.82) is 0 Å². The lowest BCUT2D eigenvalue weighted by Crippen LogP contribution is -2.44. The fourth-order valence-corrected chi connectivity index (χ4v) is 3.69. The van der Waals surface area contributed by atoms with Gasteiger partial charge in [0.2, 0.25) is 0 Å². The number of guanidine groups is 1. The van der Waals surface area contributed by atoms with Crippen LogP contribution in [0.1, 0.15) is 25.0 Å². The summed E-state index contributed by atoms with van der Waals surface area (Å²) >= 11 is 0. The number of ether oxygens (including phenoxy) is 3. The number of nitrogens with one attached hydrogen (secondary N) is 1. The van der Waals surface area contributed by atoms with Gasteiger partial charge in [0, 0.05) is 25.7 Å². The second kappa shape index (κ2) is 10.3. The molecule has 2 unspecified atom stereocenters. The molecule has 1 heterocycles. The van der Waals surface area contributed by atoms with Crippen LogP contribution in [0.4, 0.5) is 5.69 Å². The molecule has 162 valence electrons. The third kappa shape index (κ3) is 6.11. The first-order chi connectivity index (χ1) is 14.5. The summed E-state index contributed by atoms with van der Waals surface area (Å²) in [5.74, 6) is 1.71. The number of hydrogen-bond donors (Lipinski definition) is 2. The summed E-state index contributed by atoms with van der Waals surface area (Å²) < 4.78 is 16.4. The predicted molar refractivity (Wildman–Crippen MR) is 120 cm³/mol. The molecule has 1 fully saturated rings. The van der Waals surface area contributed by atoms with Crippen molar-refractivity contribution in [1.82, 2.24) is 4.90 Å². The minimum absolute atomic E-state index is 0.279. The average molecular weight is 413 g/mol. The second-order valence-electron chi connectivity index (χ2n) is 7.66. The number of benzene rings is 2. The molecule has 0 aliphatic carbocycles. The lowest BCUT2D eigenvalue weighted by Gasteiger charge is -2.35.